The minimum absolute atomic E-state index is 0.242. The van der Waals surface area contributed by atoms with Crippen molar-refractivity contribution >= 4 is 38.5 Å². The van der Waals surface area contributed by atoms with E-state index in [4.69, 9.17) is 13.9 Å². The highest BCUT2D eigenvalue weighted by atomic mass is 79.9. The van der Waals surface area contributed by atoms with E-state index in [1.54, 1.807) is 26.4 Å². The van der Waals surface area contributed by atoms with E-state index in [1.165, 1.54) is 0 Å². The van der Waals surface area contributed by atoms with Gasteiger partial charge in [0, 0.05) is 17.1 Å². The summed E-state index contributed by atoms with van der Waals surface area (Å²) >= 11 is 3.42. The zero-order valence-electron chi connectivity index (χ0n) is 13.5. The van der Waals surface area contributed by atoms with Gasteiger partial charge in [-0.1, -0.05) is 12.1 Å². The summed E-state index contributed by atoms with van der Waals surface area (Å²) in [6.45, 7) is 1.88. The van der Waals surface area contributed by atoms with Gasteiger partial charge in [0.1, 0.15) is 5.58 Å². The van der Waals surface area contributed by atoms with Crippen molar-refractivity contribution in [3.63, 3.8) is 0 Å². The average molecular weight is 390 g/mol. The summed E-state index contributed by atoms with van der Waals surface area (Å²) in [6, 6.07) is 10.9. The Bertz CT molecular complexity index is 917. The van der Waals surface area contributed by atoms with E-state index in [9.17, 15) is 4.79 Å². The molecule has 3 rings (SSSR count). The molecule has 0 unspecified atom stereocenters. The van der Waals surface area contributed by atoms with E-state index in [1.807, 2.05) is 31.2 Å². The molecule has 0 aliphatic heterocycles. The molecule has 1 N–H and O–H groups in total. The highest BCUT2D eigenvalue weighted by Gasteiger charge is 2.16. The second-order valence-electron chi connectivity index (χ2n) is 5.25. The Kier molecular flexibility index (Phi) is 4.49. The maximum atomic E-state index is 12.5. The fourth-order valence-corrected chi connectivity index (χ4v) is 2.90. The van der Waals surface area contributed by atoms with Crippen molar-refractivity contribution in [1.82, 2.24) is 0 Å². The Morgan fingerprint density at radius 3 is 2.50 bits per heavy atom. The predicted octanol–water partition coefficient (Wildman–Crippen LogP) is 4.77. The van der Waals surface area contributed by atoms with E-state index in [-0.39, 0.29) is 11.7 Å². The predicted molar refractivity (Wildman–Crippen MR) is 96.2 cm³/mol. The van der Waals surface area contributed by atoms with Gasteiger partial charge in [-0.05, 0) is 46.6 Å². The molecule has 0 saturated heterocycles. The van der Waals surface area contributed by atoms with E-state index < -0.39 is 0 Å². The van der Waals surface area contributed by atoms with Crippen LogP contribution in [-0.4, -0.2) is 20.1 Å². The van der Waals surface area contributed by atoms with Crippen LogP contribution in [0.15, 0.2) is 45.3 Å². The molecule has 5 nitrogen and oxygen atoms in total. The third-order valence-electron chi connectivity index (χ3n) is 3.70. The number of halogens is 1. The van der Waals surface area contributed by atoms with Crippen molar-refractivity contribution in [3.8, 4) is 11.5 Å². The number of fused-ring (bicyclic) bond motifs is 1. The van der Waals surface area contributed by atoms with E-state index in [2.05, 4.69) is 21.2 Å². The van der Waals surface area contributed by atoms with Crippen LogP contribution in [0.2, 0.25) is 0 Å². The number of methoxy groups -OCH3 is 2. The fourth-order valence-electron chi connectivity index (χ4n) is 2.44. The van der Waals surface area contributed by atoms with Crippen LogP contribution in [0, 0.1) is 6.92 Å². The quantitative estimate of drug-likeness (QED) is 0.697. The Hall–Kier alpha value is -2.47. The lowest BCUT2D eigenvalue weighted by Gasteiger charge is -2.13. The Morgan fingerprint density at radius 1 is 1.12 bits per heavy atom. The SMILES string of the molecule is COc1cc(C)c(NC(=O)c2cc3cccc(Br)c3o2)cc1OC. The van der Waals surface area contributed by atoms with Crippen LogP contribution in [-0.2, 0) is 0 Å². The van der Waals surface area contributed by atoms with Gasteiger partial charge in [0.2, 0.25) is 0 Å². The number of hydrogen-bond donors (Lipinski definition) is 1. The highest BCUT2D eigenvalue weighted by molar-refractivity contribution is 9.10. The monoisotopic (exact) mass is 389 g/mol. The average Bonchev–Trinajstić information content (AvgIpc) is 3.02. The number of carbonyl (C=O) groups is 1. The number of furan rings is 1. The molecule has 0 spiro atoms. The number of nitrogens with one attached hydrogen (secondary N) is 1. The van der Waals surface area contributed by atoms with Crippen molar-refractivity contribution in [2.75, 3.05) is 19.5 Å². The van der Waals surface area contributed by atoms with Crippen molar-refractivity contribution in [2.45, 2.75) is 6.92 Å². The molecule has 1 aromatic heterocycles. The van der Waals surface area contributed by atoms with Crippen LogP contribution in [0.1, 0.15) is 16.1 Å². The normalized spacial score (nSPS) is 10.7. The number of hydrogen-bond acceptors (Lipinski definition) is 4. The number of benzene rings is 2. The first-order valence-electron chi connectivity index (χ1n) is 7.25. The first kappa shape index (κ1) is 16.4. The number of amides is 1. The van der Waals surface area contributed by atoms with Gasteiger partial charge in [-0.25, -0.2) is 0 Å². The molecule has 0 aliphatic rings. The third-order valence-corrected chi connectivity index (χ3v) is 4.32. The lowest BCUT2D eigenvalue weighted by molar-refractivity contribution is 0.0998. The van der Waals surface area contributed by atoms with Gasteiger partial charge >= 0.3 is 0 Å². The van der Waals surface area contributed by atoms with Crippen LogP contribution in [0.25, 0.3) is 11.0 Å². The number of rotatable bonds is 4. The molecule has 0 saturated carbocycles. The highest BCUT2D eigenvalue weighted by Crippen LogP contribution is 2.33. The lowest BCUT2D eigenvalue weighted by Crippen LogP contribution is -2.12. The maximum Gasteiger partial charge on any atom is 0.291 e. The number of anilines is 1. The molecule has 124 valence electrons. The van der Waals surface area contributed by atoms with Gasteiger partial charge in [0.05, 0.1) is 18.7 Å². The molecule has 2 aromatic carbocycles. The van der Waals surface area contributed by atoms with Gasteiger partial charge in [0.15, 0.2) is 17.3 Å². The number of para-hydroxylation sites is 1. The van der Waals surface area contributed by atoms with E-state index >= 15 is 0 Å². The third kappa shape index (κ3) is 2.97. The minimum Gasteiger partial charge on any atom is -0.493 e. The van der Waals surface area contributed by atoms with Gasteiger partial charge in [-0.2, -0.15) is 0 Å². The number of carbonyl (C=O) groups excluding carboxylic acids is 1. The lowest BCUT2D eigenvalue weighted by atomic mass is 10.1. The molecule has 1 heterocycles. The van der Waals surface area contributed by atoms with Crippen LogP contribution in [0.4, 0.5) is 5.69 Å². The van der Waals surface area contributed by atoms with Crippen molar-refractivity contribution in [3.05, 3.63) is 52.2 Å². The molecule has 3 aromatic rings. The van der Waals surface area contributed by atoms with Crippen molar-refractivity contribution < 1.29 is 18.7 Å². The topological polar surface area (TPSA) is 60.7 Å². The summed E-state index contributed by atoms with van der Waals surface area (Å²) in [5, 5.41) is 3.71. The maximum absolute atomic E-state index is 12.5. The first-order valence-corrected chi connectivity index (χ1v) is 8.05. The second-order valence-corrected chi connectivity index (χ2v) is 6.10. The molecule has 6 heteroatoms. The summed E-state index contributed by atoms with van der Waals surface area (Å²) in [6.07, 6.45) is 0. The molecule has 0 fully saturated rings. The molecule has 0 aliphatic carbocycles. The summed E-state index contributed by atoms with van der Waals surface area (Å²) < 4.78 is 17.0. The largest absolute Gasteiger partial charge is 0.493 e. The zero-order valence-corrected chi connectivity index (χ0v) is 15.1. The first-order chi connectivity index (χ1) is 11.5. The van der Waals surface area contributed by atoms with Gasteiger partial charge in [-0.3, -0.25) is 4.79 Å². The van der Waals surface area contributed by atoms with Crippen molar-refractivity contribution in [1.29, 1.82) is 0 Å². The zero-order chi connectivity index (χ0) is 17.3. The molecular formula is C18H16BrNO4. The van der Waals surface area contributed by atoms with Crippen molar-refractivity contribution in [2.24, 2.45) is 0 Å². The Labute approximate surface area is 147 Å². The van der Waals surface area contributed by atoms with E-state index in [0.29, 0.717) is 22.8 Å². The number of aryl methyl sites for hydroxylation is 1. The Balaban J connectivity index is 1.92. The van der Waals surface area contributed by atoms with Crippen LogP contribution in [0.5, 0.6) is 11.5 Å². The molecule has 0 bridgehead atoms. The van der Waals surface area contributed by atoms with Gasteiger partial charge in [0.25, 0.3) is 5.91 Å². The summed E-state index contributed by atoms with van der Waals surface area (Å²) in [5.41, 5.74) is 2.14. The van der Waals surface area contributed by atoms with E-state index in [0.717, 1.165) is 15.4 Å². The molecular weight excluding hydrogens is 374 g/mol. The summed E-state index contributed by atoms with van der Waals surface area (Å²) in [5.74, 6) is 1.07. The van der Waals surface area contributed by atoms with Crippen LogP contribution in [0.3, 0.4) is 0 Å². The minimum atomic E-state index is -0.326. The van der Waals surface area contributed by atoms with Crippen LogP contribution < -0.4 is 14.8 Å². The van der Waals surface area contributed by atoms with Gasteiger partial charge < -0.3 is 19.2 Å². The van der Waals surface area contributed by atoms with Gasteiger partial charge in [-0.15, -0.1) is 0 Å². The molecule has 1 amide bonds. The number of ether oxygens (including phenoxy) is 2. The summed E-state index contributed by atoms with van der Waals surface area (Å²) in [4.78, 5) is 12.5. The smallest absolute Gasteiger partial charge is 0.291 e. The molecule has 0 atom stereocenters. The Morgan fingerprint density at radius 2 is 1.83 bits per heavy atom. The molecule has 24 heavy (non-hydrogen) atoms. The second kappa shape index (κ2) is 6.57. The molecule has 0 radical (unpaired) electrons. The van der Waals surface area contributed by atoms with Crippen LogP contribution >= 0.6 is 15.9 Å². The standard InChI is InChI=1S/C18H16BrNO4/c1-10-7-14(22-2)15(23-3)9-13(10)20-18(21)16-8-11-5-4-6-12(19)17(11)24-16/h4-9H,1-3H3,(H,20,21). The fraction of sp³-hybridized carbons (Fsp3) is 0.167. The summed E-state index contributed by atoms with van der Waals surface area (Å²) in [7, 11) is 3.12.